The maximum Gasteiger partial charge on any atom is 0.417 e. The van der Waals surface area contributed by atoms with Crippen LogP contribution in [0.25, 0.3) is 0 Å². The molecule has 2 amide bonds. The topological polar surface area (TPSA) is 110 Å². The van der Waals surface area contributed by atoms with Crippen molar-refractivity contribution < 1.29 is 24.4 Å². The van der Waals surface area contributed by atoms with Gasteiger partial charge in [0.05, 0.1) is 5.54 Å². The van der Waals surface area contributed by atoms with E-state index in [0.717, 1.165) is 11.3 Å². The Morgan fingerprint density at radius 1 is 1.39 bits per heavy atom. The van der Waals surface area contributed by atoms with Gasteiger partial charge in [0.2, 0.25) is 6.10 Å². The molecule has 0 aromatic heterocycles. The van der Waals surface area contributed by atoms with Crippen molar-refractivity contribution in [3.8, 4) is 0 Å². The number of nitro groups is 1. The number of carbonyl (C=O) groups excluding carboxylic acids is 2. The summed E-state index contributed by atoms with van der Waals surface area (Å²) >= 11 is 0. The lowest BCUT2D eigenvalue weighted by Crippen LogP contribution is -2.61. The van der Waals surface area contributed by atoms with Crippen LogP contribution in [0.5, 0.6) is 0 Å². The predicted molar refractivity (Wildman–Crippen MR) is 97.9 cm³/mol. The van der Waals surface area contributed by atoms with Crippen molar-refractivity contribution in [3.05, 3.63) is 46.0 Å². The summed E-state index contributed by atoms with van der Waals surface area (Å²) in [6.07, 6.45) is -1.10. The van der Waals surface area contributed by atoms with E-state index in [1.807, 2.05) is 13.8 Å². The van der Waals surface area contributed by atoms with Gasteiger partial charge in [-0.1, -0.05) is 44.2 Å². The van der Waals surface area contributed by atoms with Gasteiger partial charge in [-0.3, -0.25) is 14.9 Å². The van der Waals surface area contributed by atoms with Crippen molar-refractivity contribution in [3.63, 3.8) is 0 Å². The number of hydrogen-bond donors (Lipinski definition) is 1. The highest BCUT2D eigenvalue weighted by Crippen LogP contribution is 2.65. The summed E-state index contributed by atoms with van der Waals surface area (Å²) < 4.78 is 5.47. The standard InChI is InChI=1S/C20H24N2O6/c1-19(2)13-8-9-20(19)15(11-13)28-18(25)21(20)17(24)16(23)14(22(26)27)10-12-6-4-3-5-7-12/h3-7,13-16,23H,8-11H2,1-2H3/t13-,14-,15-,16+,20+/m1/s1. The van der Waals surface area contributed by atoms with Crippen molar-refractivity contribution in [2.24, 2.45) is 11.3 Å². The number of amides is 2. The first-order valence-electron chi connectivity index (χ1n) is 9.60. The molecule has 4 rings (SSSR count). The number of aliphatic hydroxyl groups is 1. The highest BCUT2D eigenvalue weighted by Gasteiger charge is 2.74. The highest BCUT2D eigenvalue weighted by atomic mass is 16.6. The predicted octanol–water partition coefficient (Wildman–Crippen LogP) is 2.16. The maximum absolute atomic E-state index is 13.2. The summed E-state index contributed by atoms with van der Waals surface area (Å²) in [7, 11) is 0. The average Bonchev–Trinajstić information content (AvgIpc) is 3.17. The minimum atomic E-state index is -1.92. The van der Waals surface area contributed by atoms with E-state index < -0.39 is 40.7 Å². The number of carbonyl (C=O) groups is 2. The highest BCUT2D eigenvalue weighted by molar-refractivity contribution is 5.97. The van der Waals surface area contributed by atoms with Crippen LogP contribution in [0.3, 0.4) is 0 Å². The van der Waals surface area contributed by atoms with Crippen LogP contribution in [0.2, 0.25) is 0 Å². The SMILES string of the molecule is CC1(C)[C@@H]2CC[C@]13[C@@H](C2)OC(=O)N3C(=O)[C@@H](O)[C@@H](Cc1ccccc1)[N+](=O)[O-]. The summed E-state index contributed by atoms with van der Waals surface area (Å²) in [5, 5.41) is 22.3. The van der Waals surface area contributed by atoms with E-state index in [1.54, 1.807) is 30.3 Å². The number of nitrogens with zero attached hydrogens (tertiary/aromatic N) is 2. The maximum atomic E-state index is 13.2. The molecular weight excluding hydrogens is 364 g/mol. The summed E-state index contributed by atoms with van der Waals surface area (Å²) in [6, 6.07) is 7.12. The summed E-state index contributed by atoms with van der Waals surface area (Å²) in [6.45, 7) is 4.02. The third-order valence-electron chi connectivity index (χ3n) is 7.26. The molecule has 3 aliphatic rings. The van der Waals surface area contributed by atoms with Crippen LogP contribution in [0.4, 0.5) is 4.79 Å². The fourth-order valence-corrected chi connectivity index (χ4v) is 5.64. The van der Waals surface area contributed by atoms with Gasteiger partial charge in [-0.05, 0) is 36.2 Å². The Labute approximate surface area is 162 Å². The molecule has 2 bridgehead atoms. The molecule has 2 saturated carbocycles. The second-order valence-electron chi connectivity index (χ2n) is 8.65. The van der Waals surface area contributed by atoms with Crippen molar-refractivity contribution >= 4 is 12.0 Å². The largest absolute Gasteiger partial charge is 0.443 e. The number of imide groups is 1. The minimum absolute atomic E-state index is 0.105. The van der Waals surface area contributed by atoms with Gasteiger partial charge in [-0.15, -0.1) is 0 Å². The molecule has 1 aromatic rings. The molecule has 1 aromatic carbocycles. The molecule has 0 radical (unpaired) electrons. The van der Waals surface area contributed by atoms with Crippen LogP contribution in [-0.2, 0) is 16.0 Å². The Bertz CT molecular complexity index is 825. The van der Waals surface area contributed by atoms with E-state index in [4.69, 9.17) is 4.74 Å². The first-order valence-corrected chi connectivity index (χ1v) is 9.60. The number of fused-ring (bicyclic) bond motifs is 1. The van der Waals surface area contributed by atoms with Crippen molar-refractivity contribution in [1.82, 2.24) is 4.90 Å². The molecule has 28 heavy (non-hydrogen) atoms. The van der Waals surface area contributed by atoms with Crippen molar-refractivity contribution in [2.75, 3.05) is 0 Å². The molecule has 3 fully saturated rings. The Kier molecular flexibility index (Phi) is 4.22. The molecule has 8 heteroatoms. The Morgan fingerprint density at radius 2 is 2.07 bits per heavy atom. The lowest BCUT2D eigenvalue weighted by atomic mass is 9.74. The molecule has 1 saturated heterocycles. The molecule has 5 atom stereocenters. The molecule has 1 aliphatic heterocycles. The zero-order valence-electron chi connectivity index (χ0n) is 15.9. The Hall–Kier alpha value is -2.48. The smallest absolute Gasteiger partial charge is 0.417 e. The van der Waals surface area contributed by atoms with Crippen LogP contribution in [0.1, 0.15) is 38.7 Å². The third-order valence-corrected chi connectivity index (χ3v) is 7.26. The van der Waals surface area contributed by atoms with Crippen LogP contribution >= 0.6 is 0 Å². The monoisotopic (exact) mass is 388 g/mol. The van der Waals surface area contributed by atoms with Crippen molar-refractivity contribution in [2.45, 2.75) is 63.3 Å². The molecule has 1 heterocycles. The third kappa shape index (κ3) is 2.40. The van der Waals surface area contributed by atoms with Gasteiger partial charge >= 0.3 is 6.09 Å². The summed E-state index contributed by atoms with van der Waals surface area (Å²) in [5.41, 5.74) is -0.554. The van der Waals surface area contributed by atoms with Crippen LogP contribution in [-0.4, -0.2) is 50.7 Å². The number of aliphatic hydroxyl groups excluding tert-OH is 1. The van der Waals surface area contributed by atoms with Crippen LogP contribution < -0.4 is 0 Å². The van der Waals surface area contributed by atoms with Gasteiger partial charge in [-0.25, -0.2) is 9.69 Å². The number of rotatable bonds is 5. The second-order valence-corrected chi connectivity index (χ2v) is 8.65. The second kappa shape index (κ2) is 6.27. The minimum Gasteiger partial charge on any atom is -0.443 e. The van der Waals surface area contributed by atoms with Gasteiger partial charge in [0.1, 0.15) is 6.10 Å². The van der Waals surface area contributed by atoms with E-state index in [2.05, 4.69) is 0 Å². The van der Waals surface area contributed by atoms with E-state index in [0.29, 0.717) is 24.3 Å². The van der Waals surface area contributed by atoms with E-state index >= 15 is 0 Å². The summed E-state index contributed by atoms with van der Waals surface area (Å²) in [5.74, 6) is -0.616. The summed E-state index contributed by atoms with van der Waals surface area (Å²) in [4.78, 5) is 37.7. The molecular formula is C20H24N2O6. The lowest BCUT2D eigenvalue weighted by Gasteiger charge is -2.41. The van der Waals surface area contributed by atoms with E-state index in [-0.39, 0.29) is 11.8 Å². The zero-order valence-corrected chi connectivity index (χ0v) is 15.9. The van der Waals surface area contributed by atoms with Gasteiger partial charge < -0.3 is 9.84 Å². The quantitative estimate of drug-likeness (QED) is 0.611. The first kappa shape index (κ1) is 18.9. The van der Waals surface area contributed by atoms with Crippen LogP contribution in [0, 0.1) is 21.4 Å². The number of ether oxygens (including phenoxy) is 1. The fraction of sp³-hybridized carbons (Fsp3) is 0.600. The van der Waals surface area contributed by atoms with E-state index in [9.17, 15) is 24.8 Å². The Balaban J connectivity index is 1.64. The van der Waals surface area contributed by atoms with E-state index in [1.165, 1.54) is 0 Å². The molecule has 2 aliphatic carbocycles. The normalized spacial score (nSPS) is 32.0. The first-order chi connectivity index (χ1) is 13.2. The molecule has 150 valence electrons. The lowest BCUT2D eigenvalue weighted by molar-refractivity contribution is -0.531. The molecule has 1 N–H and O–H groups in total. The molecule has 0 unspecified atom stereocenters. The van der Waals surface area contributed by atoms with Gasteiger partial charge in [0, 0.05) is 11.3 Å². The van der Waals surface area contributed by atoms with Crippen LogP contribution in [0.15, 0.2) is 30.3 Å². The number of hydrogen-bond acceptors (Lipinski definition) is 6. The fourth-order valence-electron chi connectivity index (χ4n) is 5.64. The zero-order chi connectivity index (χ0) is 20.3. The van der Waals surface area contributed by atoms with Gasteiger partial charge in [-0.2, -0.15) is 0 Å². The molecule has 1 spiro atoms. The van der Waals surface area contributed by atoms with Crippen molar-refractivity contribution in [1.29, 1.82) is 0 Å². The van der Waals surface area contributed by atoms with Gasteiger partial charge in [0.15, 0.2) is 0 Å². The van der Waals surface area contributed by atoms with Gasteiger partial charge in [0.25, 0.3) is 11.9 Å². The average molecular weight is 388 g/mol. The molecule has 8 nitrogen and oxygen atoms in total. The number of benzene rings is 1. The Morgan fingerprint density at radius 3 is 2.68 bits per heavy atom.